The molecular formula is C12H25N3O6. The number of ether oxygens (including phenoxy) is 2. The molecule has 1 heterocycles. The summed E-state index contributed by atoms with van der Waals surface area (Å²) in [7, 11) is 0. The maximum absolute atomic E-state index is 10.0. The highest BCUT2D eigenvalue weighted by Gasteiger charge is 2.48. The zero-order chi connectivity index (χ0) is 15.9. The highest BCUT2D eigenvalue weighted by molar-refractivity contribution is 5.00. The van der Waals surface area contributed by atoms with Crippen molar-refractivity contribution in [1.29, 1.82) is 0 Å². The van der Waals surface area contributed by atoms with E-state index in [9.17, 15) is 20.4 Å². The van der Waals surface area contributed by atoms with E-state index in [2.05, 4.69) is 0 Å². The predicted octanol–water partition coefficient (Wildman–Crippen LogP) is -4.05. The lowest BCUT2D eigenvalue weighted by Gasteiger charge is -2.46. The zero-order valence-corrected chi connectivity index (χ0v) is 11.9. The first kappa shape index (κ1) is 17.0. The van der Waals surface area contributed by atoms with Gasteiger partial charge in [-0.3, -0.25) is 0 Å². The van der Waals surface area contributed by atoms with Gasteiger partial charge in [0.05, 0.1) is 18.2 Å². The molecule has 10 N–H and O–H groups in total. The van der Waals surface area contributed by atoms with E-state index in [-0.39, 0.29) is 13.0 Å². The maximum atomic E-state index is 10.0. The summed E-state index contributed by atoms with van der Waals surface area (Å²) >= 11 is 0. The molecule has 9 atom stereocenters. The summed E-state index contributed by atoms with van der Waals surface area (Å²) in [6, 6.07) is -1.28. The quantitative estimate of drug-likeness (QED) is 0.267. The first-order chi connectivity index (χ1) is 9.65. The fraction of sp³-hybridized carbons (Fsp3) is 1.00. The second-order valence-electron chi connectivity index (χ2n) is 6.27. The number of rotatable bonds is 2. The molecule has 9 heteroatoms. The molecule has 0 bridgehead atoms. The second kappa shape index (κ2) is 6.03. The van der Waals surface area contributed by atoms with E-state index in [1.54, 1.807) is 6.92 Å². The van der Waals surface area contributed by atoms with Crippen molar-refractivity contribution in [2.45, 2.75) is 67.8 Å². The van der Waals surface area contributed by atoms with Gasteiger partial charge in [0, 0.05) is 12.1 Å². The van der Waals surface area contributed by atoms with Crippen LogP contribution >= 0.6 is 0 Å². The average Bonchev–Trinajstić information content (AvgIpc) is 2.41. The number of aliphatic hydroxyl groups excluding tert-OH is 4. The summed E-state index contributed by atoms with van der Waals surface area (Å²) < 4.78 is 10.8. The summed E-state index contributed by atoms with van der Waals surface area (Å²) in [6.45, 7) is 1.51. The first-order valence-electron chi connectivity index (χ1n) is 6.94. The minimum absolute atomic E-state index is 0.0317. The van der Waals surface area contributed by atoms with Crippen LogP contribution in [0.15, 0.2) is 0 Å². The Kier molecular flexibility index (Phi) is 4.88. The van der Waals surface area contributed by atoms with Gasteiger partial charge in [0.1, 0.15) is 24.4 Å². The van der Waals surface area contributed by atoms with Gasteiger partial charge < -0.3 is 47.1 Å². The summed E-state index contributed by atoms with van der Waals surface area (Å²) in [5, 5.41) is 39.7. The molecule has 9 nitrogen and oxygen atoms in total. The van der Waals surface area contributed by atoms with Crippen molar-refractivity contribution in [3.05, 3.63) is 0 Å². The van der Waals surface area contributed by atoms with E-state index >= 15 is 0 Å². The lowest BCUT2D eigenvalue weighted by Crippen LogP contribution is -2.67. The van der Waals surface area contributed by atoms with Crippen molar-refractivity contribution in [2.75, 3.05) is 6.61 Å². The van der Waals surface area contributed by atoms with Gasteiger partial charge in [0.2, 0.25) is 0 Å². The Hall–Kier alpha value is -0.360. The molecule has 0 unspecified atom stereocenters. The Balaban J connectivity index is 2.04. The predicted molar refractivity (Wildman–Crippen MR) is 71.8 cm³/mol. The van der Waals surface area contributed by atoms with Crippen molar-refractivity contribution >= 4 is 0 Å². The number of nitrogens with two attached hydrogens (primary N) is 3. The molecular weight excluding hydrogens is 282 g/mol. The lowest BCUT2D eigenvalue weighted by atomic mass is 9.84. The van der Waals surface area contributed by atoms with Gasteiger partial charge in [0.15, 0.2) is 6.29 Å². The van der Waals surface area contributed by atoms with Crippen LogP contribution in [0.5, 0.6) is 0 Å². The SMILES string of the molecule is C[C@]1(N)CO[C@H](O[C@@H]2[C@@H](O)[C@H](O)[C@@H](N)C[C@H]2N)[C@H](O)[C@H]1O. The van der Waals surface area contributed by atoms with Gasteiger partial charge >= 0.3 is 0 Å². The monoisotopic (exact) mass is 307 g/mol. The standard InChI is InChI=1S/C12H25N3O6/c1-12(15)3-20-11(8(18)10(12)19)21-9-5(14)2-4(13)6(16)7(9)17/h4-11,16-19H,2-3,13-15H2,1H3/t4-,5+,6+,7-,8+,9-,10+,11+,12-/m0/s1. The fourth-order valence-corrected chi connectivity index (χ4v) is 2.73. The fourth-order valence-electron chi connectivity index (χ4n) is 2.73. The molecule has 2 rings (SSSR count). The maximum Gasteiger partial charge on any atom is 0.186 e. The normalized spacial score (nSPS) is 55.4. The molecule has 0 radical (unpaired) electrons. The van der Waals surface area contributed by atoms with Crippen molar-refractivity contribution in [2.24, 2.45) is 17.2 Å². The van der Waals surface area contributed by atoms with E-state index in [4.69, 9.17) is 26.7 Å². The van der Waals surface area contributed by atoms with Crippen LogP contribution in [0.1, 0.15) is 13.3 Å². The third-order valence-electron chi connectivity index (χ3n) is 4.22. The van der Waals surface area contributed by atoms with Crippen LogP contribution in [0.4, 0.5) is 0 Å². The van der Waals surface area contributed by atoms with Crippen molar-refractivity contribution in [3.8, 4) is 0 Å². The molecule has 1 aliphatic heterocycles. The molecule has 1 saturated heterocycles. The number of hydrogen-bond acceptors (Lipinski definition) is 9. The lowest BCUT2D eigenvalue weighted by molar-refractivity contribution is -0.293. The average molecular weight is 307 g/mol. The van der Waals surface area contributed by atoms with Crippen LogP contribution in [0, 0.1) is 0 Å². The molecule has 21 heavy (non-hydrogen) atoms. The van der Waals surface area contributed by atoms with Gasteiger partial charge in [-0.2, -0.15) is 0 Å². The molecule has 0 aromatic heterocycles. The summed E-state index contributed by atoms with van der Waals surface area (Å²) in [6.07, 6.45) is -7.02. The van der Waals surface area contributed by atoms with Crippen LogP contribution in [-0.4, -0.2) is 81.5 Å². The molecule has 0 aromatic carbocycles. The topological polar surface area (TPSA) is 177 Å². The Morgan fingerprint density at radius 3 is 2.29 bits per heavy atom. The minimum Gasteiger partial charge on any atom is -0.389 e. The van der Waals surface area contributed by atoms with Crippen molar-refractivity contribution in [3.63, 3.8) is 0 Å². The zero-order valence-electron chi connectivity index (χ0n) is 11.9. The van der Waals surface area contributed by atoms with Gasteiger partial charge in [-0.1, -0.05) is 0 Å². The molecule has 0 amide bonds. The number of aliphatic hydroxyl groups is 4. The smallest absolute Gasteiger partial charge is 0.186 e. The van der Waals surface area contributed by atoms with Crippen LogP contribution in [-0.2, 0) is 9.47 Å². The van der Waals surface area contributed by atoms with Crippen LogP contribution in [0.25, 0.3) is 0 Å². The summed E-state index contributed by atoms with van der Waals surface area (Å²) in [4.78, 5) is 0. The number of hydrogen-bond donors (Lipinski definition) is 7. The third kappa shape index (κ3) is 3.21. The highest BCUT2D eigenvalue weighted by atomic mass is 16.7. The van der Waals surface area contributed by atoms with E-state index in [0.717, 1.165) is 0 Å². The van der Waals surface area contributed by atoms with E-state index in [1.165, 1.54) is 0 Å². The second-order valence-corrected chi connectivity index (χ2v) is 6.27. The molecule has 0 aromatic rings. The van der Waals surface area contributed by atoms with Gasteiger partial charge in [-0.15, -0.1) is 0 Å². The van der Waals surface area contributed by atoms with E-state index in [0.29, 0.717) is 0 Å². The molecule has 1 saturated carbocycles. The molecule has 2 aliphatic rings. The largest absolute Gasteiger partial charge is 0.389 e. The van der Waals surface area contributed by atoms with Crippen molar-refractivity contribution in [1.82, 2.24) is 0 Å². The molecule has 2 fully saturated rings. The molecule has 1 aliphatic carbocycles. The third-order valence-corrected chi connectivity index (χ3v) is 4.22. The van der Waals surface area contributed by atoms with Gasteiger partial charge in [-0.05, 0) is 13.3 Å². The van der Waals surface area contributed by atoms with Crippen LogP contribution in [0.2, 0.25) is 0 Å². The molecule has 124 valence electrons. The Morgan fingerprint density at radius 2 is 1.67 bits per heavy atom. The Morgan fingerprint density at radius 1 is 1.05 bits per heavy atom. The van der Waals surface area contributed by atoms with E-state index < -0.39 is 54.4 Å². The van der Waals surface area contributed by atoms with Gasteiger partial charge in [-0.25, -0.2) is 0 Å². The summed E-state index contributed by atoms with van der Waals surface area (Å²) in [5.74, 6) is 0. The highest BCUT2D eigenvalue weighted by Crippen LogP contribution is 2.27. The van der Waals surface area contributed by atoms with Crippen LogP contribution < -0.4 is 17.2 Å². The minimum atomic E-state index is -1.39. The van der Waals surface area contributed by atoms with Gasteiger partial charge in [0.25, 0.3) is 0 Å². The van der Waals surface area contributed by atoms with Crippen molar-refractivity contribution < 1.29 is 29.9 Å². The van der Waals surface area contributed by atoms with E-state index in [1.807, 2.05) is 0 Å². The molecule has 0 spiro atoms. The Labute approximate surface area is 122 Å². The summed E-state index contributed by atoms with van der Waals surface area (Å²) in [5.41, 5.74) is 16.2. The first-order valence-corrected chi connectivity index (χ1v) is 6.94. The Bertz CT molecular complexity index is 371. The van der Waals surface area contributed by atoms with Crippen LogP contribution in [0.3, 0.4) is 0 Å².